The van der Waals surface area contributed by atoms with E-state index in [9.17, 15) is 9.90 Å². The van der Waals surface area contributed by atoms with Gasteiger partial charge in [-0.2, -0.15) is 0 Å². The molecule has 0 aliphatic rings. The molecule has 1 amide bonds. The van der Waals surface area contributed by atoms with Crippen LogP contribution in [0.5, 0.6) is 11.5 Å². The van der Waals surface area contributed by atoms with Gasteiger partial charge in [-0.15, -0.1) is 12.4 Å². The minimum absolute atomic E-state index is 0. The van der Waals surface area contributed by atoms with E-state index in [4.69, 9.17) is 25.7 Å². The maximum absolute atomic E-state index is 11.2. The van der Waals surface area contributed by atoms with Crippen LogP contribution < -0.4 is 20.9 Å². The lowest BCUT2D eigenvalue weighted by Gasteiger charge is -2.26. The van der Waals surface area contributed by atoms with Gasteiger partial charge in [0.25, 0.3) is 0 Å². The van der Waals surface area contributed by atoms with Crippen molar-refractivity contribution in [2.75, 3.05) is 27.4 Å². The molecule has 0 heterocycles. The van der Waals surface area contributed by atoms with E-state index in [0.717, 1.165) is 18.4 Å². The number of aliphatic hydroxyl groups excluding tert-OH is 1. The van der Waals surface area contributed by atoms with Crippen LogP contribution in [0.15, 0.2) is 18.2 Å². The number of nitrogens with two attached hydrogens (primary N) is 2. The van der Waals surface area contributed by atoms with Crippen molar-refractivity contribution in [3.63, 3.8) is 0 Å². The molecular weight excluding hydrogens is 384 g/mol. The molecule has 5 N–H and O–H groups in total. The average Bonchev–Trinajstić information content (AvgIpc) is 2.63. The fourth-order valence-corrected chi connectivity index (χ4v) is 2.93. The summed E-state index contributed by atoms with van der Waals surface area (Å²) in [7, 11) is 3.27. The van der Waals surface area contributed by atoms with E-state index in [1.807, 2.05) is 18.2 Å². The number of primary amides is 1. The second kappa shape index (κ2) is 13.6. The number of aliphatic hydroxyl groups is 1. The second-order valence-corrected chi connectivity index (χ2v) is 7.14. The predicted octanol–water partition coefficient (Wildman–Crippen LogP) is 1.91. The van der Waals surface area contributed by atoms with Crippen molar-refractivity contribution in [2.45, 2.75) is 45.3 Å². The highest BCUT2D eigenvalue weighted by molar-refractivity contribution is 5.85. The van der Waals surface area contributed by atoms with E-state index in [1.165, 1.54) is 0 Å². The van der Waals surface area contributed by atoms with Crippen molar-refractivity contribution < 1.29 is 24.1 Å². The standard InChI is InChI=1S/C20H34N2O5.ClH/c1-13(2)15(12-16(21)19(23)20(22)24)10-14-6-7-17(26-4)18(11-14)27-9-5-8-25-3;/h6-7,11,13,15-16,19,23H,5,8-10,12,21H2,1-4H3,(H2,22,24);1H/t15-,16-,19-;/m0./s1. The molecule has 0 unspecified atom stereocenters. The number of rotatable bonds is 13. The third-order valence-corrected chi connectivity index (χ3v) is 4.69. The molecule has 0 fully saturated rings. The number of carbonyl (C=O) groups excluding carboxylic acids is 1. The second-order valence-electron chi connectivity index (χ2n) is 7.14. The molecule has 0 spiro atoms. The molecule has 0 aliphatic carbocycles. The topological polar surface area (TPSA) is 117 Å². The van der Waals surface area contributed by atoms with Crippen molar-refractivity contribution in [2.24, 2.45) is 23.3 Å². The number of hydrogen-bond acceptors (Lipinski definition) is 6. The smallest absolute Gasteiger partial charge is 0.247 e. The molecular formula is C20H35ClN2O5. The van der Waals surface area contributed by atoms with Gasteiger partial charge in [-0.05, 0) is 42.4 Å². The van der Waals surface area contributed by atoms with Crippen molar-refractivity contribution in [3.05, 3.63) is 23.8 Å². The van der Waals surface area contributed by atoms with E-state index in [1.54, 1.807) is 14.2 Å². The largest absolute Gasteiger partial charge is 0.493 e. The number of ether oxygens (including phenoxy) is 3. The van der Waals surface area contributed by atoms with Crippen LogP contribution in [0.4, 0.5) is 0 Å². The number of hydrogen-bond donors (Lipinski definition) is 3. The minimum atomic E-state index is -1.33. The normalized spacial score (nSPS) is 14.1. The zero-order valence-electron chi connectivity index (χ0n) is 17.2. The Balaban J connectivity index is 0.00000729. The summed E-state index contributed by atoms with van der Waals surface area (Å²) < 4.78 is 16.2. The molecule has 8 heteroatoms. The SMILES string of the molecule is COCCCOc1cc(C[C@@H](C[C@H](N)[C@H](O)C(N)=O)C(C)C)ccc1OC.Cl. The van der Waals surface area contributed by atoms with Gasteiger partial charge < -0.3 is 30.8 Å². The van der Waals surface area contributed by atoms with Gasteiger partial charge in [0.05, 0.1) is 13.7 Å². The van der Waals surface area contributed by atoms with Gasteiger partial charge in [-0.25, -0.2) is 0 Å². The summed E-state index contributed by atoms with van der Waals surface area (Å²) in [6.45, 7) is 5.37. The highest BCUT2D eigenvalue weighted by atomic mass is 35.5. The van der Waals surface area contributed by atoms with Crippen LogP contribution in [0, 0.1) is 11.8 Å². The van der Waals surface area contributed by atoms with E-state index in [0.29, 0.717) is 37.1 Å². The molecule has 1 rings (SSSR count). The molecule has 1 aromatic rings. The molecule has 162 valence electrons. The van der Waals surface area contributed by atoms with Crippen LogP contribution in [-0.4, -0.2) is 50.6 Å². The number of amides is 1. The van der Waals surface area contributed by atoms with E-state index < -0.39 is 18.1 Å². The first kappa shape index (κ1) is 26.5. The van der Waals surface area contributed by atoms with Crippen LogP contribution in [0.1, 0.15) is 32.3 Å². The Morgan fingerprint density at radius 3 is 2.39 bits per heavy atom. The number of benzene rings is 1. The van der Waals surface area contributed by atoms with Gasteiger partial charge >= 0.3 is 0 Å². The zero-order chi connectivity index (χ0) is 20.4. The highest BCUT2D eigenvalue weighted by Crippen LogP contribution is 2.31. The molecule has 1 aromatic carbocycles. The first-order valence-corrected chi connectivity index (χ1v) is 9.31. The lowest BCUT2D eigenvalue weighted by atomic mass is 9.83. The number of methoxy groups -OCH3 is 2. The van der Waals surface area contributed by atoms with Crippen molar-refractivity contribution in [1.82, 2.24) is 0 Å². The Bertz CT molecular complexity index is 586. The zero-order valence-corrected chi connectivity index (χ0v) is 18.0. The first-order valence-electron chi connectivity index (χ1n) is 9.31. The average molecular weight is 419 g/mol. The predicted molar refractivity (Wildman–Crippen MR) is 112 cm³/mol. The molecule has 7 nitrogen and oxygen atoms in total. The number of carbonyl (C=O) groups is 1. The van der Waals surface area contributed by atoms with Gasteiger partial charge in [0.1, 0.15) is 6.10 Å². The summed E-state index contributed by atoms with van der Waals surface area (Å²) in [5.74, 6) is 1.09. The fraction of sp³-hybridized carbons (Fsp3) is 0.650. The van der Waals surface area contributed by atoms with Crippen LogP contribution in [-0.2, 0) is 16.0 Å². The molecule has 28 heavy (non-hydrogen) atoms. The van der Waals surface area contributed by atoms with E-state index >= 15 is 0 Å². The van der Waals surface area contributed by atoms with Crippen LogP contribution in [0.3, 0.4) is 0 Å². The van der Waals surface area contributed by atoms with Gasteiger partial charge in [0.2, 0.25) is 5.91 Å². The summed E-state index contributed by atoms with van der Waals surface area (Å²) in [5.41, 5.74) is 12.2. The van der Waals surface area contributed by atoms with Gasteiger partial charge in [-0.3, -0.25) is 4.79 Å². The first-order chi connectivity index (χ1) is 12.8. The molecule has 0 bridgehead atoms. The van der Waals surface area contributed by atoms with E-state index in [-0.39, 0.29) is 18.3 Å². The lowest BCUT2D eigenvalue weighted by molar-refractivity contribution is -0.127. The molecule has 0 radical (unpaired) electrons. The van der Waals surface area contributed by atoms with Gasteiger partial charge in [0.15, 0.2) is 11.5 Å². The van der Waals surface area contributed by atoms with Crippen molar-refractivity contribution >= 4 is 18.3 Å². The maximum Gasteiger partial charge on any atom is 0.247 e. The van der Waals surface area contributed by atoms with Crippen molar-refractivity contribution in [1.29, 1.82) is 0 Å². The summed E-state index contributed by atoms with van der Waals surface area (Å²) in [6, 6.07) is 5.16. The molecule has 0 saturated carbocycles. The van der Waals surface area contributed by atoms with Crippen LogP contribution >= 0.6 is 12.4 Å². The Morgan fingerprint density at radius 1 is 1.18 bits per heavy atom. The Hall–Kier alpha value is -1.54. The lowest BCUT2D eigenvalue weighted by Crippen LogP contribution is -2.45. The van der Waals surface area contributed by atoms with E-state index in [2.05, 4.69) is 13.8 Å². The summed E-state index contributed by atoms with van der Waals surface area (Å²) >= 11 is 0. The molecule has 3 atom stereocenters. The summed E-state index contributed by atoms with van der Waals surface area (Å²) in [6.07, 6.45) is 0.702. The van der Waals surface area contributed by atoms with Crippen LogP contribution in [0.2, 0.25) is 0 Å². The Kier molecular flexibility index (Phi) is 12.9. The third kappa shape index (κ3) is 8.65. The molecule has 0 saturated heterocycles. The minimum Gasteiger partial charge on any atom is -0.493 e. The third-order valence-electron chi connectivity index (χ3n) is 4.69. The molecule has 0 aromatic heterocycles. The number of halogens is 1. The van der Waals surface area contributed by atoms with Gasteiger partial charge in [0, 0.05) is 26.2 Å². The summed E-state index contributed by atoms with van der Waals surface area (Å²) in [4.78, 5) is 11.2. The Labute approximate surface area is 174 Å². The van der Waals surface area contributed by atoms with Crippen LogP contribution in [0.25, 0.3) is 0 Å². The monoisotopic (exact) mass is 418 g/mol. The highest BCUT2D eigenvalue weighted by Gasteiger charge is 2.25. The van der Waals surface area contributed by atoms with Crippen molar-refractivity contribution in [3.8, 4) is 11.5 Å². The Morgan fingerprint density at radius 2 is 1.86 bits per heavy atom. The fourth-order valence-electron chi connectivity index (χ4n) is 2.93. The maximum atomic E-state index is 11.2. The summed E-state index contributed by atoms with van der Waals surface area (Å²) in [5, 5.41) is 9.80. The quantitative estimate of drug-likeness (QED) is 0.421. The van der Waals surface area contributed by atoms with Gasteiger partial charge in [-0.1, -0.05) is 19.9 Å². The molecule has 0 aliphatic heterocycles.